The standard InChI is InChI=1S/C17H15ClO4/c1-21-17(20)11-22-15-8-4-13(5-9-15)16(19)10-12-2-6-14(18)7-3-12/h2-9H,10-11H2,1H3. The van der Waals surface area contributed by atoms with E-state index in [0.717, 1.165) is 5.56 Å². The zero-order chi connectivity index (χ0) is 15.9. The smallest absolute Gasteiger partial charge is 0.343 e. The Morgan fingerprint density at radius 1 is 1.00 bits per heavy atom. The molecule has 0 aromatic heterocycles. The second kappa shape index (κ2) is 7.61. The number of methoxy groups -OCH3 is 1. The fourth-order valence-corrected chi connectivity index (χ4v) is 1.95. The summed E-state index contributed by atoms with van der Waals surface area (Å²) in [7, 11) is 1.30. The lowest BCUT2D eigenvalue weighted by molar-refractivity contribution is -0.142. The quantitative estimate of drug-likeness (QED) is 0.605. The molecule has 0 aliphatic rings. The van der Waals surface area contributed by atoms with Crippen LogP contribution < -0.4 is 4.74 Å². The summed E-state index contributed by atoms with van der Waals surface area (Å²) in [5.74, 6) is 0.0539. The minimum atomic E-state index is -0.456. The van der Waals surface area contributed by atoms with Gasteiger partial charge in [0.15, 0.2) is 12.4 Å². The lowest BCUT2D eigenvalue weighted by Gasteiger charge is -2.06. The third-order valence-corrected chi connectivity index (χ3v) is 3.29. The number of halogens is 1. The number of benzene rings is 2. The highest BCUT2D eigenvalue weighted by Gasteiger charge is 2.08. The van der Waals surface area contributed by atoms with E-state index in [4.69, 9.17) is 16.3 Å². The Balaban J connectivity index is 1.96. The zero-order valence-electron chi connectivity index (χ0n) is 12.0. The zero-order valence-corrected chi connectivity index (χ0v) is 12.8. The molecule has 2 rings (SSSR count). The highest BCUT2D eigenvalue weighted by molar-refractivity contribution is 6.30. The van der Waals surface area contributed by atoms with Crippen LogP contribution >= 0.6 is 11.6 Å². The SMILES string of the molecule is COC(=O)COc1ccc(C(=O)Cc2ccc(Cl)cc2)cc1. The van der Waals surface area contributed by atoms with Crippen molar-refractivity contribution in [1.82, 2.24) is 0 Å². The summed E-state index contributed by atoms with van der Waals surface area (Å²) in [5.41, 5.74) is 1.49. The van der Waals surface area contributed by atoms with Gasteiger partial charge in [0.1, 0.15) is 5.75 Å². The fourth-order valence-electron chi connectivity index (χ4n) is 1.83. The van der Waals surface area contributed by atoms with Gasteiger partial charge in [0.2, 0.25) is 0 Å². The van der Waals surface area contributed by atoms with Crippen LogP contribution in [-0.2, 0) is 16.0 Å². The molecule has 4 nitrogen and oxygen atoms in total. The predicted molar refractivity (Wildman–Crippen MR) is 83.4 cm³/mol. The molecule has 0 heterocycles. The van der Waals surface area contributed by atoms with Crippen LogP contribution in [-0.4, -0.2) is 25.5 Å². The summed E-state index contributed by atoms with van der Waals surface area (Å²) in [5, 5.41) is 0.642. The van der Waals surface area contributed by atoms with Crippen molar-refractivity contribution in [1.29, 1.82) is 0 Å². The maximum absolute atomic E-state index is 12.2. The number of hydrogen-bond donors (Lipinski definition) is 0. The Bertz CT molecular complexity index is 647. The number of esters is 1. The molecule has 5 heteroatoms. The first-order valence-electron chi connectivity index (χ1n) is 6.66. The lowest BCUT2D eigenvalue weighted by Crippen LogP contribution is -2.12. The molecule has 0 amide bonds. The molecule has 0 radical (unpaired) electrons. The van der Waals surface area contributed by atoms with Crippen LogP contribution in [0.15, 0.2) is 48.5 Å². The molecule has 2 aromatic carbocycles. The van der Waals surface area contributed by atoms with Gasteiger partial charge < -0.3 is 9.47 Å². The normalized spacial score (nSPS) is 10.1. The first-order chi connectivity index (χ1) is 10.6. The van der Waals surface area contributed by atoms with Crippen molar-refractivity contribution < 1.29 is 19.1 Å². The molecular formula is C17H15ClO4. The summed E-state index contributed by atoms with van der Waals surface area (Å²) >= 11 is 5.81. The maximum Gasteiger partial charge on any atom is 0.343 e. The van der Waals surface area contributed by atoms with Gasteiger partial charge in [0.25, 0.3) is 0 Å². The topological polar surface area (TPSA) is 52.6 Å². The van der Waals surface area contributed by atoms with Crippen LogP contribution in [0.2, 0.25) is 5.02 Å². The van der Waals surface area contributed by atoms with E-state index in [1.165, 1.54) is 7.11 Å². The van der Waals surface area contributed by atoms with E-state index in [2.05, 4.69) is 4.74 Å². The van der Waals surface area contributed by atoms with E-state index >= 15 is 0 Å². The number of carbonyl (C=O) groups is 2. The molecular weight excluding hydrogens is 304 g/mol. The summed E-state index contributed by atoms with van der Waals surface area (Å²) < 4.78 is 9.71. The Labute approximate surface area is 133 Å². The Morgan fingerprint density at radius 3 is 2.23 bits per heavy atom. The molecule has 22 heavy (non-hydrogen) atoms. The average Bonchev–Trinajstić information content (AvgIpc) is 2.55. The molecule has 0 bridgehead atoms. The number of ketones is 1. The van der Waals surface area contributed by atoms with Gasteiger partial charge in [0.05, 0.1) is 7.11 Å². The van der Waals surface area contributed by atoms with E-state index in [-0.39, 0.29) is 12.4 Å². The Kier molecular flexibility index (Phi) is 5.55. The van der Waals surface area contributed by atoms with Gasteiger partial charge >= 0.3 is 5.97 Å². The van der Waals surface area contributed by atoms with Gasteiger partial charge in [-0.05, 0) is 42.0 Å². The van der Waals surface area contributed by atoms with Crippen LogP contribution in [0, 0.1) is 0 Å². The average molecular weight is 319 g/mol. The summed E-state index contributed by atoms with van der Waals surface area (Å²) in [6.07, 6.45) is 0.305. The molecule has 0 unspecified atom stereocenters. The summed E-state index contributed by atoms with van der Waals surface area (Å²) in [6.45, 7) is -0.158. The van der Waals surface area contributed by atoms with Crippen LogP contribution in [0.3, 0.4) is 0 Å². The second-order valence-corrected chi connectivity index (χ2v) is 5.05. The van der Waals surface area contributed by atoms with Crippen LogP contribution in [0.1, 0.15) is 15.9 Å². The van der Waals surface area contributed by atoms with Crippen LogP contribution in [0.25, 0.3) is 0 Å². The van der Waals surface area contributed by atoms with Crippen molar-refractivity contribution in [3.05, 3.63) is 64.7 Å². The minimum absolute atomic E-state index is 0.00170. The Morgan fingerprint density at radius 2 is 1.64 bits per heavy atom. The second-order valence-electron chi connectivity index (χ2n) is 4.62. The molecule has 0 saturated heterocycles. The molecule has 0 spiro atoms. The first-order valence-corrected chi connectivity index (χ1v) is 7.03. The Hall–Kier alpha value is -2.33. The lowest BCUT2D eigenvalue weighted by atomic mass is 10.0. The van der Waals surface area contributed by atoms with Crippen molar-refractivity contribution in [2.24, 2.45) is 0 Å². The van der Waals surface area contributed by atoms with Crippen molar-refractivity contribution in [3.63, 3.8) is 0 Å². The van der Waals surface area contributed by atoms with Gasteiger partial charge in [-0.2, -0.15) is 0 Å². The molecule has 2 aromatic rings. The van der Waals surface area contributed by atoms with Gasteiger partial charge in [-0.1, -0.05) is 23.7 Å². The van der Waals surface area contributed by atoms with Gasteiger partial charge in [0, 0.05) is 17.0 Å². The van der Waals surface area contributed by atoms with Crippen LogP contribution in [0.5, 0.6) is 5.75 Å². The third kappa shape index (κ3) is 4.60. The molecule has 0 fully saturated rings. The molecule has 0 aliphatic heterocycles. The number of rotatable bonds is 6. The molecule has 0 aliphatic carbocycles. The van der Waals surface area contributed by atoms with Gasteiger partial charge in [-0.25, -0.2) is 4.79 Å². The van der Waals surface area contributed by atoms with Gasteiger partial charge in [-0.15, -0.1) is 0 Å². The summed E-state index contributed by atoms with van der Waals surface area (Å²) in [6, 6.07) is 13.8. The predicted octanol–water partition coefficient (Wildman–Crippen LogP) is 3.32. The van der Waals surface area contributed by atoms with E-state index in [1.807, 2.05) is 12.1 Å². The van der Waals surface area contributed by atoms with Crippen molar-refractivity contribution in [2.45, 2.75) is 6.42 Å². The third-order valence-electron chi connectivity index (χ3n) is 3.04. The van der Waals surface area contributed by atoms with E-state index in [1.54, 1.807) is 36.4 Å². The minimum Gasteiger partial charge on any atom is -0.482 e. The highest BCUT2D eigenvalue weighted by Crippen LogP contribution is 2.15. The first kappa shape index (κ1) is 16.0. The molecule has 0 atom stereocenters. The number of hydrogen-bond acceptors (Lipinski definition) is 4. The van der Waals surface area contributed by atoms with E-state index < -0.39 is 5.97 Å². The monoisotopic (exact) mass is 318 g/mol. The van der Waals surface area contributed by atoms with Crippen LogP contribution in [0.4, 0.5) is 0 Å². The van der Waals surface area contributed by atoms with Crippen molar-refractivity contribution >= 4 is 23.4 Å². The molecule has 0 N–H and O–H groups in total. The highest BCUT2D eigenvalue weighted by atomic mass is 35.5. The molecule has 0 saturated carbocycles. The van der Waals surface area contributed by atoms with Crippen molar-refractivity contribution in [3.8, 4) is 5.75 Å². The maximum atomic E-state index is 12.2. The molecule has 114 valence electrons. The van der Waals surface area contributed by atoms with Gasteiger partial charge in [-0.3, -0.25) is 4.79 Å². The number of carbonyl (C=O) groups excluding carboxylic acids is 2. The summed E-state index contributed by atoms with van der Waals surface area (Å²) in [4.78, 5) is 23.2. The van der Waals surface area contributed by atoms with E-state index in [0.29, 0.717) is 22.8 Å². The number of ether oxygens (including phenoxy) is 2. The fraction of sp³-hybridized carbons (Fsp3) is 0.176. The largest absolute Gasteiger partial charge is 0.482 e. The number of Topliss-reactive ketones (excluding diaryl/α,β-unsaturated/α-hetero) is 1. The van der Waals surface area contributed by atoms with Crippen molar-refractivity contribution in [2.75, 3.05) is 13.7 Å². The van der Waals surface area contributed by atoms with E-state index in [9.17, 15) is 9.59 Å².